The number of thiol groups is 1. The summed E-state index contributed by atoms with van der Waals surface area (Å²) in [6.07, 6.45) is 3.24. The van der Waals surface area contributed by atoms with Crippen LogP contribution in [-0.2, 0) is 14.3 Å². The van der Waals surface area contributed by atoms with E-state index < -0.39 is 11.7 Å². The first-order valence-electron chi connectivity index (χ1n) is 8.37. The van der Waals surface area contributed by atoms with Gasteiger partial charge in [-0.3, -0.25) is 10.1 Å². The predicted octanol–water partition coefficient (Wildman–Crippen LogP) is 3.94. The molecule has 0 bridgehead atoms. The van der Waals surface area contributed by atoms with Crippen molar-refractivity contribution in [3.63, 3.8) is 0 Å². The summed E-state index contributed by atoms with van der Waals surface area (Å²) < 4.78 is 14.7. The minimum atomic E-state index is -0.534. The molecule has 0 aliphatic heterocycles. The predicted molar refractivity (Wildman–Crippen MR) is 105 cm³/mol. The molecule has 1 saturated carbocycles. The van der Waals surface area contributed by atoms with E-state index in [0.717, 1.165) is 12.8 Å². The number of rotatable bonds is 4. The van der Waals surface area contributed by atoms with Gasteiger partial charge >= 0.3 is 12.1 Å². The number of pyridine rings is 1. The number of nitrogens with one attached hydrogen (secondary N) is 1. The molecule has 1 aromatic heterocycles. The summed E-state index contributed by atoms with van der Waals surface area (Å²) in [4.78, 5) is 26.0. The number of amides is 1. The van der Waals surface area contributed by atoms with Crippen molar-refractivity contribution in [3.05, 3.63) is 18.2 Å². The number of aromatic nitrogens is 1. The minimum Gasteiger partial charge on any atom is -0.481 e. The fourth-order valence-electron chi connectivity index (χ4n) is 1.59. The summed E-state index contributed by atoms with van der Waals surface area (Å²) in [5, 5.41) is 2.52. The lowest BCUT2D eigenvalue weighted by atomic mass is 10.2. The third-order valence-corrected chi connectivity index (χ3v) is 2.76. The average molecular weight is 387 g/mol. The largest absolute Gasteiger partial charge is 0.481 e. The number of carbonyl (C=O) groups excluding carboxylic acids is 2. The van der Waals surface area contributed by atoms with Gasteiger partial charge in [0.2, 0.25) is 5.88 Å². The number of anilines is 1. The fraction of sp³-hybridized carbons (Fsp3) is 0.611. The van der Waals surface area contributed by atoms with Crippen molar-refractivity contribution in [1.82, 2.24) is 4.98 Å². The molecule has 1 heterocycles. The lowest BCUT2D eigenvalue weighted by Crippen LogP contribution is -2.27. The third-order valence-electron chi connectivity index (χ3n) is 2.76. The van der Waals surface area contributed by atoms with Crippen molar-refractivity contribution in [2.75, 3.05) is 25.3 Å². The zero-order valence-corrected chi connectivity index (χ0v) is 17.3. The summed E-state index contributed by atoms with van der Waals surface area (Å²) in [7, 11) is 1.51. The number of hydrogen-bond acceptors (Lipinski definition) is 7. The third kappa shape index (κ3) is 11.6. The summed E-state index contributed by atoms with van der Waals surface area (Å²) in [5.41, 5.74) is -0.525. The van der Waals surface area contributed by atoms with Crippen LogP contribution in [0.3, 0.4) is 0 Å². The van der Waals surface area contributed by atoms with E-state index in [4.69, 9.17) is 14.2 Å². The first kappa shape index (κ1) is 24.0. The number of hydrogen-bond donors (Lipinski definition) is 2. The van der Waals surface area contributed by atoms with E-state index in [-0.39, 0.29) is 11.9 Å². The highest BCUT2D eigenvalue weighted by Gasteiger charge is 2.30. The zero-order valence-electron chi connectivity index (χ0n) is 16.4. The first-order valence-corrected chi connectivity index (χ1v) is 9.27. The second-order valence-corrected chi connectivity index (χ2v) is 6.22. The van der Waals surface area contributed by atoms with Crippen LogP contribution in [0, 0.1) is 5.92 Å². The van der Waals surface area contributed by atoms with Gasteiger partial charge in [0.1, 0.15) is 11.4 Å². The Bertz CT molecular complexity index is 557. The molecule has 0 radical (unpaired) electrons. The van der Waals surface area contributed by atoms with E-state index >= 15 is 0 Å². The van der Waals surface area contributed by atoms with E-state index in [1.54, 1.807) is 45.2 Å². The highest BCUT2D eigenvalue weighted by Crippen LogP contribution is 2.29. The lowest BCUT2D eigenvalue weighted by molar-refractivity contribution is -0.144. The number of carbonyl (C=O) groups is 2. The normalized spacial score (nSPS) is 12.4. The first-order chi connectivity index (χ1) is 12.2. The Morgan fingerprint density at radius 2 is 1.88 bits per heavy atom. The van der Waals surface area contributed by atoms with Gasteiger partial charge in [-0.25, -0.2) is 4.79 Å². The Balaban J connectivity index is 0.000000522. The second-order valence-electron chi connectivity index (χ2n) is 6.22. The Kier molecular flexibility index (Phi) is 11.5. The van der Waals surface area contributed by atoms with Gasteiger partial charge in [-0.1, -0.05) is 6.07 Å². The van der Waals surface area contributed by atoms with Gasteiger partial charge in [-0.2, -0.15) is 17.6 Å². The van der Waals surface area contributed by atoms with Crippen molar-refractivity contribution in [2.24, 2.45) is 5.92 Å². The maximum Gasteiger partial charge on any atom is 0.413 e. The van der Waals surface area contributed by atoms with Gasteiger partial charge in [0.25, 0.3) is 0 Å². The molecule has 0 spiro atoms. The van der Waals surface area contributed by atoms with E-state index in [0.29, 0.717) is 18.3 Å². The molecule has 0 unspecified atom stereocenters. The van der Waals surface area contributed by atoms with E-state index in [1.165, 1.54) is 7.11 Å². The molecule has 0 atom stereocenters. The molecule has 1 aromatic rings. The summed E-state index contributed by atoms with van der Waals surface area (Å²) >= 11 is 3.53. The molecule has 1 N–H and O–H groups in total. The molecule has 1 fully saturated rings. The number of nitrogens with zero attached hydrogens (tertiary/aromatic N) is 1. The maximum absolute atomic E-state index is 11.4. The van der Waals surface area contributed by atoms with Crippen LogP contribution in [0.15, 0.2) is 18.2 Å². The van der Waals surface area contributed by atoms with Crippen molar-refractivity contribution in [2.45, 2.75) is 46.1 Å². The zero-order chi connectivity index (χ0) is 20.2. The Labute approximate surface area is 161 Å². The molecule has 1 aliphatic carbocycles. The standard InChI is InChI=1S/C11H16N2O3.C6H10O2.CH4S/c1-11(2,3)16-10(14)13-8-6-5-7-9(12-8)15-4;1-2-8-6(7)5-3-4-5;1-2/h5-7H,1-4H3,(H,12,13,14);5H,2-4H2,1H3;2H,1H3. The monoisotopic (exact) mass is 386 g/mol. The molecular formula is C18H30N2O5S. The number of esters is 1. The molecule has 1 amide bonds. The van der Waals surface area contributed by atoms with Gasteiger partial charge in [0.05, 0.1) is 19.6 Å². The maximum atomic E-state index is 11.4. The molecule has 26 heavy (non-hydrogen) atoms. The van der Waals surface area contributed by atoms with Gasteiger partial charge in [-0.15, -0.1) is 0 Å². The molecule has 0 saturated heterocycles. The molecule has 0 aromatic carbocycles. The van der Waals surface area contributed by atoms with Crippen molar-refractivity contribution in [3.8, 4) is 5.88 Å². The lowest BCUT2D eigenvalue weighted by Gasteiger charge is -2.19. The topological polar surface area (TPSA) is 86.8 Å². The molecule has 148 valence electrons. The molecular weight excluding hydrogens is 356 g/mol. The van der Waals surface area contributed by atoms with Crippen LogP contribution >= 0.6 is 12.6 Å². The van der Waals surface area contributed by atoms with E-state index in [1.807, 2.05) is 6.92 Å². The molecule has 8 heteroatoms. The molecule has 7 nitrogen and oxygen atoms in total. The smallest absolute Gasteiger partial charge is 0.413 e. The van der Waals surface area contributed by atoms with Gasteiger partial charge in [0, 0.05) is 6.07 Å². The Morgan fingerprint density at radius 3 is 2.35 bits per heavy atom. The SMILES string of the molecule is CCOC(=O)C1CC1.COc1cccc(NC(=O)OC(C)(C)C)n1.CS. The summed E-state index contributed by atoms with van der Waals surface area (Å²) in [6.45, 7) is 7.75. The van der Waals surface area contributed by atoms with Crippen LogP contribution < -0.4 is 10.1 Å². The Morgan fingerprint density at radius 1 is 1.27 bits per heavy atom. The van der Waals surface area contributed by atoms with Crippen LogP contribution in [-0.4, -0.2) is 42.6 Å². The Hall–Kier alpha value is -1.96. The minimum absolute atomic E-state index is 0.00694. The number of methoxy groups -OCH3 is 1. The number of ether oxygens (including phenoxy) is 3. The van der Waals surface area contributed by atoms with Crippen LogP contribution in [0.5, 0.6) is 5.88 Å². The van der Waals surface area contributed by atoms with Gasteiger partial charge in [-0.05, 0) is 52.9 Å². The van der Waals surface area contributed by atoms with Crippen LogP contribution in [0.1, 0.15) is 40.5 Å². The fourth-order valence-corrected chi connectivity index (χ4v) is 1.59. The van der Waals surface area contributed by atoms with Crippen LogP contribution in [0.2, 0.25) is 0 Å². The van der Waals surface area contributed by atoms with Crippen LogP contribution in [0.25, 0.3) is 0 Å². The molecule has 2 rings (SSSR count). The average Bonchev–Trinajstić information content (AvgIpc) is 3.41. The van der Waals surface area contributed by atoms with Gasteiger partial charge < -0.3 is 14.2 Å². The highest BCUT2D eigenvalue weighted by molar-refractivity contribution is 7.79. The van der Waals surface area contributed by atoms with Crippen molar-refractivity contribution < 1.29 is 23.8 Å². The quantitative estimate of drug-likeness (QED) is 0.602. The van der Waals surface area contributed by atoms with Gasteiger partial charge in [0.15, 0.2) is 0 Å². The summed E-state index contributed by atoms with van der Waals surface area (Å²) in [6, 6.07) is 5.09. The van der Waals surface area contributed by atoms with Crippen molar-refractivity contribution in [1.29, 1.82) is 0 Å². The second kappa shape index (κ2) is 12.4. The summed E-state index contributed by atoms with van der Waals surface area (Å²) in [5.74, 6) is 1.09. The highest BCUT2D eigenvalue weighted by atomic mass is 32.1. The van der Waals surface area contributed by atoms with Crippen molar-refractivity contribution >= 4 is 30.5 Å². The van der Waals surface area contributed by atoms with E-state index in [9.17, 15) is 9.59 Å². The molecule has 1 aliphatic rings. The van der Waals surface area contributed by atoms with E-state index in [2.05, 4.69) is 22.9 Å². The van der Waals surface area contributed by atoms with Crippen LogP contribution in [0.4, 0.5) is 10.6 Å².